The molecular formula is C12H21N3O2. The zero-order valence-corrected chi connectivity index (χ0v) is 11.0. The van der Waals surface area contributed by atoms with Gasteiger partial charge in [-0.1, -0.05) is 12.1 Å². The van der Waals surface area contributed by atoms with Crippen LogP contribution in [0.5, 0.6) is 0 Å². The maximum absolute atomic E-state index is 5.72. The summed E-state index contributed by atoms with van der Waals surface area (Å²) in [6.45, 7) is 10.2. The lowest BCUT2D eigenvalue weighted by Crippen LogP contribution is -2.46. The Labute approximate surface area is 102 Å². The third kappa shape index (κ3) is 2.84. The van der Waals surface area contributed by atoms with E-state index in [-0.39, 0.29) is 18.2 Å². The number of rotatable bonds is 3. The highest BCUT2D eigenvalue weighted by Gasteiger charge is 2.29. The van der Waals surface area contributed by atoms with Gasteiger partial charge in [-0.25, -0.2) is 0 Å². The summed E-state index contributed by atoms with van der Waals surface area (Å²) in [6, 6.07) is 0.164. The molecule has 2 heterocycles. The van der Waals surface area contributed by atoms with Crippen molar-refractivity contribution in [3.05, 3.63) is 11.7 Å². The van der Waals surface area contributed by atoms with Gasteiger partial charge in [0.15, 0.2) is 5.82 Å². The highest BCUT2D eigenvalue weighted by atomic mass is 16.5. The Morgan fingerprint density at radius 1 is 1.35 bits per heavy atom. The molecule has 2 rings (SSSR count). The fraction of sp³-hybridized carbons (Fsp3) is 0.833. The predicted molar refractivity (Wildman–Crippen MR) is 63.7 cm³/mol. The van der Waals surface area contributed by atoms with Crippen LogP contribution in [0, 0.1) is 0 Å². The second-order valence-electron chi connectivity index (χ2n) is 4.79. The molecule has 1 fully saturated rings. The topological polar surface area (TPSA) is 51.4 Å². The standard InChI is InChI=1S/C12H21N3O2/c1-5-11-13-12(17-14-11)10(4)15-6-8(2)16-9(3)7-15/h8-10H,5-7H2,1-4H3/t8-,9+,10-/m1/s1. The molecule has 1 saturated heterocycles. The van der Waals surface area contributed by atoms with Gasteiger partial charge in [-0.15, -0.1) is 0 Å². The summed E-state index contributed by atoms with van der Waals surface area (Å²) < 4.78 is 11.0. The minimum absolute atomic E-state index is 0.164. The van der Waals surface area contributed by atoms with Crippen molar-refractivity contribution in [1.82, 2.24) is 15.0 Å². The third-order valence-corrected chi connectivity index (χ3v) is 3.15. The molecule has 1 aliphatic rings. The lowest BCUT2D eigenvalue weighted by molar-refractivity contribution is -0.0818. The maximum Gasteiger partial charge on any atom is 0.243 e. The van der Waals surface area contributed by atoms with Gasteiger partial charge in [0.25, 0.3) is 0 Å². The van der Waals surface area contributed by atoms with Crippen molar-refractivity contribution in [2.75, 3.05) is 13.1 Å². The fourth-order valence-electron chi connectivity index (χ4n) is 2.27. The minimum Gasteiger partial charge on any atom is -0.373 e. The van der Waals surface area contributed by atoms with Crippen LogP contribution in [0.4, 0.5) is 0 Å². The van der Waals surface area contributed by atoms with Gasteiger partial charge in [0.2, 0.25) is 5.89 Å². The summed E-state index contributed by atoms with van der Waals surface area (Å²) in [5.74, 6) is 1.49. The van der Waals surface area contributed by atoms with Gasteiger partial charge in [-0.05, 0) is 20.8 Å². The van der Waals surface area contributed by atoms with E-state index in [1.54, 1.807) is 0 Å². The molecule has 96 valence electrons. The van der Waals surface area contributed by atoms with E-state index in [0.717, 1.165) is 25.3 Å². The molecule has 17 heavy (non-hydrogen) atoms. The van der Waals surface area contributed by atoms with Crippen LogP contribution in [0.1, 0.15) is 45.5 Å². The van der Waals surface area contributed by atoms with E-state index in [4.69, 9.17) is 9.26 Å². The first-order valence-electron chi connectivity index (χ1n) is 6.32. The van der Waals surface area contributed by atoms with Crippen LogP contribution >= 0.6 is 0 Å². The zero-order chi connectivity index (χ0) is 12.4. The van der Waals surface area contributed by atoms with E-state index in [1.807, 2.05) is 6.92 Å². The number of hydrogen-bond donors (Lipinski definition) is 0. The normalized spacial score (nSPS) is 28.2. The van der Waals surface area contributed by atoms with E-state index in [1.165, 1.54) is 0 Å². The van der Waals surface area contributed by atoms with Crippen molar-refractivity contribution in [2.45, 2.75) is 52.4 Å². The highest BCUT2D eigenvalue weighted by molar-refractivity contribution is 4.93. The summed E-state index contributed by atoms with van der Waals surface area (Å²) in [5, 5.41) is 3.94. The summed E-state index contributed by atoms with van der Waals surface area (Å²) in [4.78, 5) is 6.73. The molecule has 0 amide bonds. The Balaban J connectivity index is 2.05. The van der Waals surface area contributed by atoms with E-state index in [0.29, 0.717) is 5.89 Å². The number of aryl methyl sites for hydroxylation is 1. The smallest absolute Gasteiger partial charge is 0.243 e. The van der Waals surface area contributed by atoms with Gasteiger partial charge in [0.1, 0.15) is 0 Å². The van der Waals surface area contributed by atoms with Crippen LogP contribution in [-0.4, -0.2) is 40.3 Å². The predicted octanol–water partition coefficient (Wildman–Crippen LogP) is 1.80. The summed E-state index contributed by atoms with van der Waals surface area (Å²) in [7, 11) is 0. The molecule has 3 atom stereocenters. The molecule has 0 aromatic carbocycles. The van der Waals surface area contributed by atoms with E-state index < -0.39 is 0 Å². The number of nitrogens with zero attached hydrogens (tertiary/aromatic N) is 3. The second-order valence-corrected chi connectivity index (χ2v) is 4.79. The van der Waals surface area contributed by atoms with Gasteiger partial charge in [0, 0.05) is 19.5 Å². The number of aromatic nitrogens is 2. The molecule has 5 nitrogen and oxygen atoms in total. The molecule has 5 heteroatoms. The summed E-state index contributed by atoms with van der Waals surface area (Å²) in [5.41, 5.74) is 0. The molecule has 0 saturated carbocycles. The molecule has 0 N–H and O–H groups in total. The lowest BCUT2D eigenvalue weighted by atomic mass is 10.2. The molecule has 1 aromatic heterocycles. The van der Waals surface area contributed by atoms with Gasteiger partial charge < -0.3 is 9.26 Å². The Hall–Kier alpha value is -0.940. The van der Waals surface area contributed by atoms with Gasteiger partial charge in [-0.3, -0.25) is 4.90 Å². The van der Waals surface area contributed by atoms with Crippen molar-refractivity contribution in [1.29, 1.82) is 0 Å². The average molecular weight is 239 g/mol. The van der Waals surface area contributed by atoms with Gasteiger partial charge in [0.05, 0.1) is 18.2 Å². The van der Waals surface area contributed by atoms with Crippen LogP contribution in [0.25, 0.3) is 0 Å². The van der Waals surface area contributed by atoms with Crippen molar-refractivity contribution in [2.24, 2.45) is 0 Å². The van der Waals surface area contributed by atoms with Crippen LogP contribution in [0.2, 0.25) is 0 Å². The molecule has 0 radical (unpaired) electrons. The Kier molecular flexibility index (Phi) is 3.79. The summed E-state index contributed by atoms with van der Waals surface area (Å²) in [6.07, 6.45) is 1.33. The number of hydrogen-bond acceptors (Lipinski definition) is 5. The van der Waals surface area contributed by atoms with E-state index in [2.05, 4.69) is 35.8 Å². The molecule has 0 aliphatic carbocycles. The lowest BCUT2D eigenvalue weighted by Gasteiger charge is -2.37. The minimum atomic E-state index is 0.164. The first-order chi connectivity index (χ1) is 8.10. The zero-order valence-electron chi connectivity index (χ0n) is 11.0. The molecule has 0 unspecified atom stereocenters. The monoisotopic (exact) mass is 239 g/mol. The Morgan fingerprint density at radius 3 is 2.53 bits per heavy atom. The fourth-order valence-corrected chi connectivity index (χ4v) is 2.27. The van der Waals surface area contributed by atoms with Crippen molar-refractivity contribution >= 4 is 0 Å². The van der Waals surface area contributed by atoms with Crippen molar-refractivity contribution in [3.63, 3.8) is 0 Å². The summed E-state index contributed by atoms with van der Waals surface area (Å²) >= 11 is 0. The SMILES string of the molecule is CCc1noc([C@@H](C)N2C[C@@H](C)O[C@@H](C)C2)n1. The molecule has 0 spiro atoms. The first-order valence-corrected chi connectivity index (χ1v) is 6.32. The number of morpholine rings is 1. The van der Waals surface area contributed by atoms with E-state index >= 15 is 0 Å². The second kappa shape index (κ2) is 5.14. The van der Waals surface area contributed by atoms with Crippen molar-refractivity contribution in [3.8, 4) is 0 Å². The number of ether oxygens (including phenoxy) is 1. The quantitative estimate of drug-likeness (QED) is 0.805. The molecule has 1 aliphatic heterocycles. The van der Waals surface area contributed by atoms with Crippen LogP contribution < -0.4 is 0 Å². The first kappa shape index (κ1) is 12.5. The van der Waals surface area contributed by atoms with Crippen molar-refractivity contribution < 1.29 is 9.26 Å². The largest absolute Gasteiger partial charge is 0.373 e. The van der Waals surface area contributed by atoms with Crippen LogP contribution in [-0.2, 0) is 11.2 Å². The van der Waals surface area contributed by atoms with Gasteiger partial charge >= 0.3 is 0 Å². The maximum atomic E-state index is 5.72. The van der Waals surface area contributed by atoms with Gasteiger partial charge in [-0.2, -0.15) is 4.98 Å². The Bertz CT molecular complexity index is 356. The molecule has 0 bridgehead atoms. The van der Waals surface area contributed by atoms with Crippen LogP contribution in [0.15, 0.2) is 4.52 Å². The van der Waals surface area contributed by atoms with E-state index in [9.17, 15) is 0 Å². The molecule has 1 aromatic rings. The third-order valence-electron chi connectivity index (χ3n) is 3.15. The Morgan fingerprint density at radius 2 is 2.00 bits per heavy atom. The van der Waals surface area contributed by atoms with Crippen LogP contribution in [0.3, 0.4) is 0 Å². The molecular weight excluding hydrogens is 218 g/mol. The highest BCUT2D eigenvalue weighted by Crippen LogP contribution is 2.23. The average Bonchev–Trinajstić information content (AvgIpc) is 2.75.